The molecule has 0 saturated carbocycles. The highest BCUT2D eigenvalue weighted by Gasteiger charge is 2.31. The second kappa shape index (κ2) is 4.64. The first-order chi connectivity index (χ1) is 9.16. The van der Waals surface area contributed by atoms with Crippen LogP contribution >= 0.6 is 0 Å². The van der Waals surface area contributed by atoms with E-state index in [-0.39, 0.29) is 0 Å². The minimum atomic E-state index is 0.482. The first kappa shape index (κ1) is 12.1. The van der Waals surface area contributed by atoms with Crippen molar-refractivity contribution in [3.05, 3.63) is 29.8 Å². The number of benzene rings is 1. The number of rotatable bonds is 2. The second-order valence-electron chi connectivity index (χ2n) is 5.43. The van der Waals surface area contributed by atoms with Gasteiger partial charge in [-0.15, -0.1) is 0 Å². The number of aryl methyl sites for hydroxylation is 1. The molecule has 1 fully saturated rings. The summed E-state index contributed by atoms with van der Waals surface area (Å²) in [6.07, 6.45) is 1.20. The SMILES string of the molecule is Cc1ccc(-n2nnnc2N2CCC(C)C2C)cc1. The molecule has 1 aliphatic heterocycles. The Kier molecular flexibility index (Phi) is 2.97. The van der Waals surface area contributed by atoms with E-state index >= 15 is 0 Å². The Bertz CT molecular complexity index is 559. The van der Waals surface area contributed by atoms with Crippen LogP contribution < -0.4 is 4.90 Å². The lowest BCUT2D eigenvalue weighted by Gasteiger charge is -2.23. The van der Waals surface area contributed by atoms with Gasteiger partial charge >= 0.3 is 0 Å². The fourth-order valence-corrected chi connectivity index (χ4v) is 2.59. The molecule has 0 radical (unpaired) electrons. The molecular formula is C14H19N5. The highest BCUT2D eigenvalue weighted by atomic mass is 15.6. The third kappa shape index (κ3) is 2.09. The van der Waals surface area contributed by atoms with Crippen LogP contribution in [0, 0.1) is 12.8 Å². The summed E-state index contributed by atoms with van der Waals surface area (Å²) >= 11 is 0. The molecule has 1 aliphatic rings. The zero-order valence-electron chi connectivity index (χ0n) is 11.6. The van der Waals surface area contributed by atoms with E-state index in [0.717, 1.165) is 18.2 Å². The van der Waals surface area contributed by atoms with E-state index in [1.54, 1.807) is 0 Å². The Morgan fingerprint density at radius 1 is 1.16 bits per heavy atom. The van der Waals surface area contributed by atoms with Crippen LogP contribution in [0.15, 0.2) is 24.3 Å². The standard InChI is InChI=1S/C14H19N5/c1-10-4-6-13(7-5-10)19-14(15-16-17-19)18-9-8-11(2)12(18)3/h4-7,11-12H,8-9H2,1-3H3. The molecule has 0 aliphatic carbocycles. The Morgan fingerprint density at radius 3 is 2.53 bits per heavy atom. The van der Waals surface area contributed by atoms with E-state index < -0.39 is 0 Å². The van der Waals surface area contributed by atoms with E-state index in [4.69, 9.17) is 0 Å². The Hall–Kier alpha value is -1.91. The van der Waals surface area contributed by atoms with Gasteiger partial charge < -0.3 is 4.90 Å². The van der Waals surface area contributed by atoms with Crippen molar-refractivity contribution in [2.75, 3.05) is 11.4 Å². The fourth-order valence-electron chi connectivity index (χ4n) is 2.59. The van der Waals surface area contributed by atoms with Crippen LogP contribution in [-0.2, 0) is 0 Å². The second-order valence-corrected chi connectivity index (χ2v) is 5.43. The molecule has 2 aromatic rings. The van der Waals surface area contributed by atoms with Gasteiger partial charge in [0.15, 0.2) is 0 Å². The van der Waals surface area contributed by atoms with Gasteiger partial charge in [-0.3, -0.25) is 0 Å². The fraction of sp³-hybridized carbons (Fsp3) is 0.500. The zero-order valence-corrected chi connectivity index (χ0v) is 11.6. The monoisotopic (exact) mass is 257 g/mol. The molecule has 1 saturated heterocycles. The van der Waals surface area contributed by atoms with Crippen molar-refractivity contribution < 1.29 is 0 Å². The molecule has 0 N–H and O–H groups in total. The van der Waals surface area contributed by atoms with E-state index in [2.05, 4.69) is 65.5 Å². The van der Waals surface area contributed by atoms with Crippen molar-refractivity contribution in [1.82, 2.24) is 20.2 Å². The number of hydrogen-bond donors (Lipinski definition) is 0. The van der Waals surface area contributed by atoms with Crippen molar-refractivity contribution in [3.8, 4) is 5.69 Å². The summed E-state index contributed by atoms with van der Waals surface area (Å²) in [5.41, 5.74) is 2.25. The lowest BCUT2D eigenvalue weighted by molar-refractivity contribution is 0.540. The molecule has 100 valence electrons. The van der Waals surface area contributed by atoms with Gasteiger partial charge in [0.25, 0.3) is 5.95 Å². The minimum absolute atomic E-state index is 0.482. The van der Waals surface area contributed by atoms with Gasteiger partial charge in [-0.2, -0.15) is 4.68 Å². The molecule has 5 nitrogen and oxygen atoms in total. The number of hydrogen-bond acceptors (Lipinski definition) is 4. The van der Waals surface area contributed by atoms with Crippen LogP contribution in [-0.4, -0.2) is 32.8 Å². The summed E-state index contributed by atoms with van der Waals surface area (Å²) in [5.74, 6) is 1.53. The van der Waals surface area contributed by atoms with E-state index in [9.17, 15) is 0 Å². The van der Waals surface area contributed by atoms with Crippen LogP contribution in [0.4, 0.5) is 5.95 Å². The third-order valence-electron chi connectivity index (χ3n) is 4.13. The molecule has 0 spiro atoms. The van der Waals surface area contributed by atoms with Crippen molar-refractivity contribution >= 4 is 5.95 Å². The maximum Gasteiger partial charge on any atom is 0.250 e. The largest absolute Gasteiger partial charge is 0.336 e. The van der Waals surface area contributed by atoms with Crippen LogP contribution in [0.1, 0.15) is 25.8 Å². The van der Waals surface area contributed by atoms with Gasteiger partial charge in [-0.1, -0.05) is 29.7 Å². The van der Waals surface area contributed by atoms with Crippen LogP contribution in [0.25, 0.3) is 5.69 Å². The normalized spacial score (nSPS) is 23.0. The van der Waals surface area contributed by atoms with Gasteiger partial charge in [0.05, 0.1) is 5.69 Å². The van der Waals surface area contributed by atoms with Crippen LogP contribution in [0.3, 0.4) is 0 Å². The van der Waals surface area contributed by atoms with Crippen molar-refractivity contribution in [1.29, 1.82) is 0 Å². The smallest absolute Gasteiger partial charge is 0.250 e. The zero-order chi connectivity index (χ0) is 13.4. The molecule has 5 heteroatoms. The van der Waals surface area contributed by atoms with Crippen molar-refractivity contribution in [3.63, 3.8) is 0 Å². The number of anilines is 1. The number of nitrogens with zero attached hydrogens (tertiary/aromatic N) is 5. The summed E-state index contributed by atoms with van der Waals surface area (Å²) in [6.45, 7) is 7.62. The summed E-state index contributed by atoms with van der Waals surface area (Å²) in [6, 6.07) is 8.75. The highest BCUT2D eigenvalue weighted by Crippen LogP contribution is 2.28. The summed E-state index contributed by atoms with van der Waals surface area (Å²) in [7, 11) is 0. The first-order valence-corrected chi connectivity index (χ1v) is 6.79. The highest BCUT2D eigenvalue weighted by molar-refractivity contribution is 5.43. The lowest BCUT2D eigenvalue weighted by Crippen LogP contribution is -2.31. The van der Waals surface area contributed by atoms with E-state index in [1.807, 2.05) is 4.68 Å². The summed E-state index contributed by atoms with van der Waals surface area (Å²) < 4.78 is 1.83. The topological polar surface area (TPSA) is 46.8 Å². The van der Waals surface area contributed by atoms with Gasteiger partial charge in [0.1, 0.15) is 0 Å². The molecule has 3 rings (SSSR count). The minimum Gasteiger partial charge on any atom is -0.336 e. The number of aromatic nitrogens is 4. The number of tetrazole rings is 1. The maximum absolute atomic E-state index is 4.21. The molecule has 2 unspecified atom stereocenters. The van der Waals surface area contributed by atoms with Crippen LogP contribution in [0.2, 0.25) is 0 Å². The van der Waals surface area contributed by atoms with E-state index in [0.29, 0.717) is 12.0 Å². The molecule has 1 aromatic carbocycles. The van der Waals surface area contributed by atoms with Crippen molar-refractivity contribution in [2.24, 2.45) is 5.92 Å². The average Bonchev–Trinajstić information content (AvgIpc) is 2.99. The Balaban J connectivity index is 1.97. The molecule has 1 aromatic heterocycles. The molecular weight excluding hydrogens is 238 g/mol. The summed E-state index contributed by atoms with van der Waals surface area (Å²) in [5, 5.41) is 12.2. The van der Waals surface area contributed by atoms with E-state index in [1.165, 1.54) is 12.0 Å². The molecule has 2 atom stereocenters. The molecule has 2 heterocycles. The molecule has 0 amide bonds. The maximum atomic E-state index is 4.21. The van der Waals surface area contributed by atoms with Gasteiger partial charge in [-0.05, 0) is 48.7 Å². The van der Waals surface area contributed by atoms with Crippen LogP contribution in [0.5, 0.6) is 0 Å². The predicted octanol–water partition coefficient (Wildman–Crippen LogP) is 2.21. The Labute approximate surface area is 113 Å². The molecule has 19 heavy (non-hydrogen) atoms. The average molecular weight is 257 g/mol. The van der Waals surface area contributed by atoms with Gasteiger partial charge in [0, 0.05) is 12.6 Å². The summed E-state index contributed by atoms with van der Waals surface area (Å²) in [4.78, 5) is 2.30. The van der Waals surface area contributed by atoms with Gasteiger partial charge in [-0.25, -0.2) is 0 Å². The third-order valence-corrected chi connectivity index (χ3v) is 4.13. The quantitative estimate of drug-likeness (QED) is 0.827. The predicted molar refractivity (Wildman–Crippen MR) is 74.5 cm³/mol. The Morgan fingerprint density at radius 2 is 1.89 bits per heavy atom. The molecule has 0 bridgehead atoms. The first-order valence-electron chi connectivity index (χ1n) is 6.79. The lowest BCUT2D eigenvalue weighted by atomic mass is 10.1. The van der Waals surface area contributed by atoms with Crippen molar-refractivity contribution in [2.45, 2.75) is 33.2 Å². The van der Waals surface area contributed by atoms with Gasteiger partial charge in [0.2, 0.25) is 0 Å².